The maximum Gasteiger partial charge on any atom is 0.422 e. The van der Waals surface area contributed by atoms with Gasteiger partial charge in [0.2, 0.25) is 0 Å². The van der Waals surface area contributed by atoms with Crippen LogP contribution in [0, 0.1) is 6.92 Å². The third-order valence-electron chi connectivity index (χ3n) is 2.24. The molecule has 1 aromatic rings. The van der Waals surface area contributed by atoms with Crippen LogP contribution in [0.15, 0.2) is 24.3 Å². The van der Waals surface area contributed by atoms with Gasteiger partial charge in [0, 0.05) is 12.2 Å². The van der Waals surface area contributed by atoms with E-state index in [0.29, 0.717) is 5.69 Å². The highest BCUT2D eigenvalue weighted by Crippen LogP contribution is 2.18. The van der Waals surface area contributed by atoms with Crippen molar-refractivity contribution in [2.45, 2.75) is 20.0 Å². The molecule has 0 bridgehead atoms. The second-order valence-electron chi connectivity index (χ2n) is 3.75. The number of rotatable bonds is 3. The number of amides is 1. The Morgan fingerprint density at radius 2 is 1.83 bits per heavy atom. The zero-order valence-electron chi connectivity index (χ0n) is 10.1. The number of hydrogen-bond donors (Lipinski definition) is 0. The van der Waals surface area contributed by atoms with E-state index in [4.69, 9.17) is 0 Å². The Labute approximate surface area is 103 Å². The largest absolute Gasteiger partial charge is 0.440 e. The molecule has 0 heterocycles. The third-order valence-corrected chi connectivity index (χ3v) is 2.24. The Morgan fingerprint density at radius 3 is 2.28 bits per heavy atom. The van der Waals surface area contributed by atoms with Crippen molar-refractivity contribution in [2.75, 3.05) is 18.1 Å². The molecule has 0 fully saturated rings. The van der Waals surface area contributed by atoms with E-state index < -0.39 is 18.9 Å². The summed E-state index contributed by atoms with van der Waals surface area (Å²) in [5.41, 5.74) is 1.51. The van der Waals surface area contributed by atoms with Crippen LogP contribution in [0.4, 0.5) is 23.7 Å². The van der Waals surface area contributed by atoms with Gasteiger partial charge in [-0.05, 0) is 26.0 Å². The van der Waals surface area contributed by atoms with E-state index in [1.807, 2.05) is 6.92 Å². The molecular weight excluding hydrogens is 247 g/mol. The molecule has 0 N–H and O–H groups in total. The standard InChI is InChI=1S/C12H14F3NO2/c1-3-16(10-6-4-9(2)5-7-10)11(17)18-8-12(13,14)15/h4-7H,3,8H2,1-2H3. The Balaban J connectivity index is 2.71. The van der Waals surface area contributed by atoms with E-state index >= 15 is 0 Å². The van der Waals surface area contributed by atoms with Crippen LogP contribution in [0.25, 0.3) is 0 Å². The fourth-order valence-corrected chi connectivity index (χ4v) is 1.36. The lowest BCUT2D eigenvalue weighted by atomic mass is 10.2. The molecule has 0 aliphatic heterocycles. The van der Waals surface area contributed by atoms with E-state index in [0.717, 1.165) is 10.5 Å². The number of halogens is 3. The van der Waals surface area contributed by atoms with Crippen LogP contribution < -0.4 is 4.90 Å². The monoisotopic (exact) mass is 261 g/mol. The lowest BCUT2D eigenvalue weighted by molar-refractivity contribution is -0.159. The van der Waals surface area contributed by atoms with Gasteiger partial charge < -0.3 is 4.74 Å². The summed E-state index contributed by atoms with van der Waals surface area (Å²) in [6.07, 6.45) is -5.51. The highest BCUT2D eigenvalue weighted by molar-refractivity contribution is 5.87. The minimum atomic E-state index is -4.51. The predicted molar refractivity (Wildman–Crippen MR) is 61.6 cm³/mol. The second kappa shape index (κ2) is 5.75. The first-order chi connectivity index (χ1) is 8.33. The predicted octanol–water partition coefficient (Wildman–Crippen LogP) is 3.52. The first kappa shape index (κ1) is 14.3. The summed E-state index contributed by atoms with van der Waals surface area (Å²) in [5.74, 6) is 0. The molecular formula is C12H14F3NO2. The Morgan fingerprint density at radius 1 is 1.28 bits per heavy atom. The molecule has 1 amide bonds. The van der Waals surface area contributed by atoms with Gasteiger partial charge in [-0.2, -0.15) is 13.2 Å². The van der Waals surface area contributed by atoms with Crippen LogP contribution in [0.2, 0.25) is 0 Å². The highest BCUT2D eigenvalue weighted by atomic mass is 19.4. The summed E-state index contributed by atoms with van der Waals surface area (Å²) in [4.78, 5) is 12.7. The van der Waals surface area contributed by atoms with E-state index in [2.05, 4.69) is 4.74 Å². The number of aryl methyl sites for hydroxylation is 1. The molecule has 3 nitrogen and oxygen atoms in total. The molecule has 0 unspecified atom stereocenters. The van der Waals surface area contributed by atoms with Crippen molar-refractivity contribution in [2.24, 2.45) is 0 Å². The molecule has 0 radical (unpaired) electrons. The van der Waals surface area contributed by atoms with Crippen molar-refractivity contribution in [3.63, 3.8) is 0 Å². The fourth-order valence-electron chi connectivity index (χ4n) is 1.36. The lowest BCUT2D eigenvalue weighted by Gasteiger charge is -2.21. The Kier molecular flexibility index (Phi) is 4.58. The normalized spacial score (nSPS) is 11.2. The topological polar surface area (TPSA) is 29.5 Å². The first-order valence-electron chi connectivity index (χ1n) is 5.41. The number of alkyl halides is 3. The summed E-state index contributed by atoms with van der Waals surface area (Å²) in [7, 11) is 0. The van der Waals surface area contributed by atoms with Crippen LogP contribution in [0.1, 0.15) is 12.5 Å². The number of carbonyl (C=O) groups is 1. The van der Waals surface area contributed by atoms with Gasteiger partial charge in [0.1, 0.15) is 0 Å². The van der Waals surface area contributed by atoms with Gasteiger partial charge in [-0.15, -0.1) is 0 Å². The molecule has 0 aliphatic carbocycles. The number of hydrogen-bond acceptors (Lipinski definition) is 2. The highest BCUT2D eigenvalue weighted by Gasteiger charge is 2.30. The van der Waals surface area contributed by atoms with Crippen LogP contribution >= 0.6 is 0 Å². The minimum absolute atomic E-state index is 0.236. The van der Waals surface area contributed by atoms with E-state index in [1.54, 1.807) is 31.2 Å². The lowest BCUT2D eigenvalue weighted by Crippen LogP contribution is -2.33. The van der Waals surface area contributed by atoms with Gasteiger partial charge in [-0.1, -0.05) is 17.7 Å². The van der Waals surface area contributed by atoms with Gasteiger partial charge in [-0.25, -0.2) is 4.79 Å². The van der Waals surface area contributed by atoms with Gasteiger partial charge in [-0.3, -0.25) is 4.90 Å². The third kappa shape index (κ3) is 4.27. The van der Waals surface area contributed by atoms with Crippen molar-refractivity contribution >= 4 is 11.8 Å². The number of carbonyl (C=O) groups excluding carboxylic acids is 1. The maximum atomic E-state index is 11.9. The zero-order valence-corrected chi connectivity index (χ0v) is 10.1. The van der Waals surface area contributed by atoms with Gasteiger partial charge in [0.05, 0.1) is 0 Å². The Bertz CT molecular complexity index is 401. The maximum absolute atomic E-state index is 11.9. The van der Waals surface area contributed by atoms with Crippen LogP contribution in [-0.2, 0) is 4.74 Å². The Hall–Kier alpha value is -1.72. The molecule has 1 aromatic carbocycles. The number of nitrogens with zero attached hydrogens (tertiary/aromatic N) is 1. The molecule has 0 saturated heterocycles. The summed E-state index contributed by atoms with van der Waals surface area (Å²) in [6.45, 7) is 2.20. The summed E-state index contributed by atoms with van der Waals surface area (Å²) in [6, 6.07) is 6.87. The smallest absolute Gasteiger partial charge is 0.422 e. The van der Waals surface area contributed by atoms with Crippen molar-refractivity contribution in [1.82, 2.24) is 0 Å². The van der Waals surface area contributed by atoms with Gasteiger partial charge in [0.15, 0.2) is 6.61 Å². The quantitative estimate of drug-likeness (QED) is 0.833. The molecule has 0 atom stereocenters. The summed E-state index contributed by atoms with van der Waals surface area (Å²) >= 11 is 0. The van der Waals surface area contributed by atoms with Crippen LogP contribution in [-0.4, -0.2) is 25.4 Å². The summed E-state index contributed by atoms with van der Waals surface area (Å²) in [5, 5.41) is 0. The molecule has 6 heteroatoms. The number of benzene rings is 1. The second-order valence-corrected chi connectivity index (χ2v) is 3.75. The van der Waals surface area contributed by atoms with E-state index in [1.165, 1.54) is 0 Å². The summed E-state index contributed by atoms with van der Waals surface area (Å²) < 4.78 is 40.0. The first-order valence-corrected chi connectivity index (χ1v) is 5.41. The van der Waals surface area contributed by atoms with Gasteiger partial charge in [0.25, 0.3) is 0 Å². The molecule has 0 aliphatic rings. The van der Waals surface area contributed by atoms with Crippen molar-refractivity contribution in [1.29, 1.82) is 0 Å². The van der Waals surface area contributed by atoms with E-state index in [9.17, 15) is 18.0 Å². The van der Waals surface area contributed by atoms with Gasteiger partial charge >= 0.3 is 12.3 Å². The average Bonchev–Trinajstić information content (AvgIpc) is 2.29. The van der Waals surface area contributed by atoms with Crippen molar-refractivity contribution < 1.29 is 22.7 Å². The molecule has 0 aromatic heterocycles. The van der Waals surface area contributed by atoms with Crippen molar-refractivity contribution in [3.8, 4) is 0 Å². The molecule has 0 spiro atoms. The zero-order chi connectivity index (χ0) is 13.8. The average molecular weight is 261 g/mol. The van der Waals surface area contributed by atoms with Crippen LogP contribution in [0.5, 0.6) is 0 Å². The minimum Gasteiger partial charge on any atom is -0.440 e. The van der Waals surface area contributed by atoms with Crippen molar-refractivity contribution in [3.05, 3.63) is 29.8 Å². The molecule has 1 rings (SSSR count). The fraction of sp³-hybridized carbons (Fsp3) is 0.417. The molecule has 100 valence electrons. The SMILES string of the molecule is CCN(C(=O)OCC(F)(F)F)c1ccc(C)cc1. The number of ether oxygens (including phenoxy) is 1. The number of anilines is 1. The van der Waals surface area contributed by atoms with E-state index in [-0.39, 0.29) is 6.54 Å². The molecule has 18 heavy (non-hydrogen) atoms. The van der Waals surface area contributed by atoms with Crippen LogP contribution in [0.3, 0.4) is 0 Å². The molecule has 0 saturated carbocycles.